The van der Waals surface area contributed by atoms with Crippen molar-refractivity contribution in [2.75, 3.05) is 33.4 Å². The van der Waals surface area contributed by atoms with E-state index < -0.39 is 0 Å². The van der Waals surface area contributed by atoms with Gasteiger partial charge in [-0.3, -0.25) is 0 Å². The van der Waals surface area contributed by atoms with E-state index in [-0.39, 0.29) is 0 Å². The molecule has 0 saturated carbocycles. The molecule has 0 aliphatic heterocycles. The zero-order valence-corrected chi connectivity index (χ0v) is 10.9. The van der Waals surface area contributed by atoms with Crippen LogP contribution >= 0.6 is 0 Å². The van der Waals surface area contributed by atoms with E-state index in [0.29, 0.717) is 0 Å². The first-order valence-electron chi connectivity index (χ1n) is 6.22. The van der Waals surface area contributed by atoms with Crippen molar-refractivity contribution in [3.63, 3.8) is 0 Å². The Morgan fingerprint density at radius 2 is 1.88 bits per heavy atom. The third-order valence-corrected chi connectivity index (χ3v) is 2.46. The van der Waals surface area contributed by atoms with Gasteiger partial charge >= 0.3 is 0 Å². The van der Waals surface area contributed by atoms with Crippen LogP contribution in [0, 0.1) is 6.92 Å². The molecule has 1 aromatic rings. The van der Waals surface area contributed by atoms with Crippen molar-refractivity contribution in [3.8, 4) is 5.75 Å². The van der Waals surface area contributed by atoms with E-state index >= 15 is 0 Å². The Balaban J connectivity index is 1.97. The number of rotatable bonds is 9. The third kappa shape index (κ3) is 6.97. The van der Waals surface area contributed by atoms with Gasteiger partial charge in [-0.2, -0.15) is 0 Å². The summed E-state index contributed by atoms with van der Waals surface area (Å²) in [6, 6.07) is 8.16. The van der Waals surface area contributed by atoms with Crippen LogP contribution in [0.3, 0.4) is 0 Å². The molecule has 0 aliphatic rings. The average Bonchev–Trinajstić information content (AvgIpc) is 2.33. The molecule has 0 bridgehead atoms. The Hall–Kier alpha value is -1.06. The number of aryl methyl sites for hydroxylation is 1. The number of nitrogens with one attached hydrogen (secondary N) is 1. The maximum absolute atomic E-state index is 5.65. The fourth-order valence-electron chi connectivity index (χ4n) is 1.56. The lowest BCUT2D eigenvalue weighted by Crippen LogP contribution is -2.19. The lowest BCUT2D eigenvalue weighted by molar-refractivity contribution is 0.194. The molecule has 0 saturated heterocycles. The van der Waals surface area contributed by atoms with Gasteiger partial charge in [-0.1, -0.05) is 12.1 Å². The molecular formula is C14H23NO2. The van der Waals surface area contributed by atoms with E-state index in [0.717, 1.165) is 44.9 Å². The van der Waals surface area contributed by atoms with E-state index in [4.69, 9.17) is 9.47 Å². The Morgan fingerprint density at radius 3 is 2.59 bits per heavy atom. The van der Waals surface area contributed by atoms with Crippen LogP contribution in [0.25, 0.3) is 0 Å². The molecule has 3 heteroatoms. The summed E-state index contributed by atoms with van der Waals surface area (Å²) in [5, 5.41) is 3.36. The SMILES string of the molecule is COCCCNCCCOc1cccc(C)c1. The van der Waals surface area contributed by atoms with E-state index in [1.54, 1.807) is 7.11 Å². The summed E-state index contributed by atoms with van der Waals surface area (Å²) in [4.78, 5) is 0. The van der Waals surface area contributed by atoms with Crippen LogP contribution in [-0.2, 0) is 4.74 Å². The predicted octanol–water partition coefficient (Wildman–Crippen LogP) is 2.39. The highest BCUT2D eigenvalue weighted by molar-refractivity contribution is 5.27. The van der Waals surface area contributed by atoms with E-state index in [1.807, 2.05) is 12.1 Å². The van der Waals surface area contributed by atoms with Crippen LogP contribution in [-0.4, -0.2) is 33.4 Å². The molecule has 96 valence electrons. The van der Waals surface area contributed by atoms with Gasteiger partial charge in [0.1, 0.15) is 5.75 Å². The maximum atomic E-state index is 5.65. The lowest BCUT2D eigenvalue weighted by Gasteiger charge is -2.07. The Bertz CT molecular complexity index is 302. The van der Waals surface area contributed by atoms with E-state index in [9.17, 15) is 0 Å². The minimum absolute atomic E-state index is 0.765. The number of ether oxygens (including phenoxy) is 2. The average molecular weight is 237 g/mol. The lowest BCUT2D eigenvalue weighted by atomic mass is 10.2. The predicted molar refractivity (Wildman–Crippen MR) is 70.7 cm³/mol. The molecule has 0 aromatic heterocycles. The summed E-state index contributed by atoms with van der Waals surface area (Å²) < 4.78 is 10.6. The molecule has 17 heavy (non-hydrogen) atoms. The zero-order chi connectivity index (χ0) is 12.3. The molecule has 1 N–H and O–H groups in total. The fourth-order valence-corrected chi connectivity index (χ4v) is 1.56. The molecule has 3 nitrogen and oxygen atoms in total. The van der Waals surface area contributed by atoms with Crippen LogP contribution in [0.1, 0.15) is 18.4 Å². The molecule has 0 spiro atoms. The van der Waals surface area contributed by atoms with Gasteiger partial charge < -0.3 is 14.8 Å². The smallest absolute Gasteiger partial charge is 0.119 e. The summed E-state index contributed by atoms with van der Waals surface area (Å²) >= 11 is 0. The van der Waals surface area contributed by atoms with Gasteiger partial charge in [0.2, 0.25) is 0 Å². The summed E-state index contributed by atoms with van der Waals surface area (Å²) in [5.41, 5.74) is 1.24. The normalized spacial score (nSPS) is 10.5. The molecule has 1 aromatic carbocycles. The van der Waals surface area contributed by atoms with Gasteiger partial charge in [0.25, 0.3) is 0 Å². The summed E-state index contributed by atoms with van der Waals surface area (Å²) in [6.45, 7) is 5.67. The van der Waals surface area contributed by atoms with E-state index in [1.165, 1.54) is 5.56 Å². The molecule has 0 unspecified atom stereocenters. The summed E-state index contributed by atoms with van der Waals surface area (Å²) in [7, 11) is 1.73. The topological polar surface area (TPSA) is 30.5 Å². The van der Waals surface area contributed by atoms with Crippen molar-refractivity contribution in [3.05, 3.63) is 29.8 Å². The highest BCUT2D eigenvalue weighted by Crippen LogP contribution is 2.12. The third-order valence-electron chi connectivity index (χ3n) is 2.46. The quantitative estimate of drug-likeness (QED) is 0.669. The van der Waals surface area contributed by atoms with Crippen LogP contribution in [0.5, 0.6) is 5.75 Å². The van der Waals surface area contributed by atoms with Gasteiger partial charge in [-0.25, -0.2) is 0 Å². The van der Waals surface area contributed by atoms with Crippen LogP contribution in [0.2, 0.25) is 0 Å². The van der Waals surface area contributed by atoms with Gasteiger partial charge in [0.05, 0.1) is 6.61 Å². The van der Waals surface area contributed by atoms with Crippen LogP contribution in [0.15, 0.2) is 24.3 Å². The molecule has 0 radical (unpaired) electrons. The number of methoxy groups -OCH3 is 1. The molecule has 0 fully saturated rings. The van der Waals surface area contributed by atoms with E-state index in [2.05, 4.69) is 24.4 Å². The highest BCUT2D eigenvalue weighted by atomic mass is 16.5. The largest absolute Gasteiger partial charge is 0.494 e. The van der Waals surface area contributed by atoms with Crippen molar-refractivity contribution in [1.82, 2.24) is 5.32 Å². The summed E-state index contributed by atoms with van der Waals surface area (Å²) in [5.74, 6) is 0.962. The molecular weight excluding hydrogens is 214 g/mol. The van der Waals surface area contributed by atoms with Gasteiger partial charge in [-0.05, 0) is 50.6 Å². The highest BCUT2D eigenvalue weighted by Gasteiger charge is 1.94. The van der Waals surface area contributed by atoms with Gasteiger partial charge in [0, 0.05) is 13.7 Å². The second kappa shape index (κ2) is 9.02. The fraction of sp³-hybridized carbons (Fsp3) is 0.571. The van der Waals surface area contributed by atoms with Crippen molar-refractivity contribution < 1.29 is 9.47 Å². The second-order valence-electron chi connectivity index (χ2n) is 4.11. The minimum atomic E-state index is 0.765. The Labute approximate surface area is 104 Å². The maximum Gasteiger partial charge on any atom is 0.119 e. The van der Waals surface area contributed by atoms with Crippen molar-refractivity contribution in [2.24, 2.45) is 0 Å². The van der Waals surface area contributed by atoms with Crippen LogP contribution in [0.4, 0.5) is 0 Å². The van der Waals surface area contributed by atoms with Crippen molar-refractivity contribution in [1.29, 1.82) is 0 Å². The summed E-state index contributed by atoms with van der Waals surface area (Å²) in [6.07, 6.45) is 2.09. The molecule has 1 rings (SSSR count). The molecule has 0 aliphatic carbocycles. The Kier molecular flexibility index (Phi) is 7.43. The number of benzene rings is 1. The monoisotopic (exact) mass is 237 g/mol. The van der Waals surface area contributed by atoms with Crippen LogP contribution < -0.4 is 10.1 Å². The standard InChI is InChI=1S/C14H23NO2/c1-13-6-3-7-14(12-13)17-11-5-9-15-8-4-10-16-2/h3,6-7,12,15H,4-5,8-11H2,1-2H3. The first-order chi connectivity index (χ1) is 8.33. The zero-order valence-electron chi connectivity index (χ0n) is 10.9. The molecule has 0 amide bonds. The van der Waals surface area contributed by atoms with Gasteiger partial charge in [-0.15, -0.1) is 0 Å². The first-order valence-corrected chi connectivity index (χ1v) is 6.22. The van der Waals surface area contributed by atoms with Crippen molar-refractivity contribution >= 4 is 0 Å². The Morgan fingerprint density at radius 1 is 1.12 bits per heavy atom. The molecule has 0 heterocycles. The minimum Gasteiger partial charge on any atom is -0.494 e. The number of hydrogen-bond donors (Lipinski definition) is 1. The van der Waals surface area contributed by atoms with Gasteiger partial charge in [0.15, 0.2) is 0 Å². The number of hydrogen-bond acceptors (Lipinski definition) is 3. The van der Waals surface area contributed by atoms with Crippen molar-refractivity contribution in [2.45, 2.75) is 19.8 Å². The second-order valence-corrected chi connectivity index (χ2v) is 4.11. The molecule has 0 atom stereocenters. The first kappa shape index (κ1) is 14.0.